The van der Waals surface area contributed by atoms with Crippen molar-refractivity contribution in [2.24, 2.45) is 0 Å². The molecule has 6 nitrogen and oxygen atoms in total. The van der Waals surface area contributed by atoms with Crippen molar-refractivity contribution in [1.82, 2.24) is 10.6 Å². The Labute approximate surface area is 132 Å². The van der Waals surface area contributed by atoms with Gasteiger partial charge in [0.25, 0.3) is 0 Å². The standard InChI is InChI=1S/C16H28N2O4/c1-15(2,3)21-9-13(19)17-11-7-12(8-11)18-14(20)10-22-16(4,5)6/h7,11H,8-10H2,1-6H3,(H,17,19)(H,18,20). The van der Waals surface area contributed by atoms with Gasteiger partial charge in [0.1, 0.15) is 13.2 Å². The number of rotatable bonds is 6. The van der Waals surface area contributed by atoms with Gasteiger partial charge < -0.3 is 20.1 Å². The summed E-state index contributed by atoms with van der Waals surface area (Å²) >= 11 is 0. The zero-order valence-corrected chi connectivity index (χ0v) is 14.4. The predicted molar refractivity (Wildman–Crippen MR) is 84.2 cm³/mol. The molecule has 0 aromatic carbocycles. The fourth-order valence-electron chi connectivity index (χ4n) is 1.66. The Hall–Kier alpha value is -1.40. The number of carbonyl (C=O) groups is 2. The molecule has 1 aliphatic rings. The lowest BCUT2D eigenvalue weighted by molar-refractivity contribution is -0.131. The van der Waals surface area contributed by atoms with Gasteiger partial charge in [-0.3, -0.25) is 9.59 Å². The summed E-state index contributed by atoms with van der Waals surface area (Å²) in [5, 5.41) is 5.59. The van der Waals surface area contributed by atoms with Crippen LogP contribution in [0, 0.1) is 0 Å². The average molecular weight is 312 g/mol. The van der Waals surface area contributed by atoms with Crippen molar-refractivity contribution in [1.29, 1.82) is 0 Å². The topological polar surface area (TPSA) is 76.7 Å². The van der Waals surface area contributed by atoms with Crippen LogP contribution in [0.5, 0.6) is 0 Å². The second-order valence-electron chi connectivity index (χ2n) is 7.42. The van der Waals surface area contributed by atoms with Crippen molar-refractivity contribution < 1.29 is 19.1 Å². The minimum Gasteiger partial charge on any atom is -0.366 e. The molecular formula is C16H28N2O4. The maximum absolute atomic E-state index is 11.7. The SMILES string of the molecule is CC(C)(C)OCC(=O)NC1=CC(NC(=O)COC(C)(C)C)C1. The molecule has 126 valence electrons. The Bertz CT molecular complexity index is 444. The lowest BCUT2D eigenvalue weighted by Gasteiger charge is -2.28. The molecule has 0 heterocycles. The Morgan fingerprint density at radius 1 is 1.05 bits per heavy atom. The fourth-order valence-corrected chi connectivity index (χ4v) is 1.66. The fraction of sp³-hybridized carbons (Fsp3) is 0.750. The summed E-state index contributed by atoms with van der Waals surface area (Å²) in [6.45, 7) is 11.5. The van der Waals surface area contributed by atoms with E-state index in [2.05, 4.69) is 10.6 Å². The van der Waals surface area contributed by atoms with Gasteiger partial charge in [0, 0.05) is 12.1 Å². The summed E-state index contributed by atoms with van der Waals surface area (Å²) in [6.07, 6.45) is 2.44. The van der Waals surface area contributed by atoms with Gasteiger partial charge in [0.15, 0.2) is 0 Å². The molecule has 2 amide bonds. The molecule has 2 N–H and O–H groups in total. The van der Waals surface area contributed by atoms with E-state index >= 15 is 0 Å². The molecule has 0 aromatic rings. The zero-order valence-electron chi connectivity index (χ0n) is 14.4. The van der Waals surface area contributed by atoms with Crippen molar-refractivity contribution >= 4 is 11.8 Å². The molecule has 1 aliphatic carbocycles. The van der Waals surface area contributed by atoms with E-state index in [1.54, 1.807) is 0 Å². The van der Waals surface area contributed by atoms with Gasteiger partial charge in [-0.2, -0.15) is 0 Å². The predicted octanol–water partition coefficient (Wildman–Crippen LogP) is 1.51. The minimum absolute atomic E-state index is 0.0251. The van der Waals surface area contributed by atoms with Crippen LogP contribution in [0.1, 0.15) is 48.0 Å². The van der Waals surface area contributed by atoms with Crippen LogP contribution in [0.3, 0.4) is 0 Å². The third-order valence-electron chi connectivity index (χ3n) is 2.76. The van der Waals surface area contributed by atoms with Gasteiger partial charge in [-0.15, -0.1) is 0 Å². The molecule has 1 atom stereocenters. The van der Waals surface area contributed by atoms with Crippen molar-refractivity contribution in [3.8, 4) is 0 Å². The first-order valence-corrected chi connectivity index (χ1v) is 7.52. The number of ether oxygens (including phenoxy) is 2. The summed E-state index contributed by atoms with van der Waals surface area (Å²) in [5.74, 6) is -0.334. The van der Waals surface area contributed by atoms with E-state index in [1.807, 2.05) is 47.6 Å². The van der Waals surface area contributed by atoms with Gasteiger partial charge >= 0.3 is 0 Å². The van der Waals surface area contributed by atoms with E-state index < -0.39 is 0 Å². The number of carbonyl (C=O) groups excluding carboxylic acids is 2. The highest BCUT2D eigenvalue weighted by Gasteiger charge is 2.23. The number of hydrogen-bond donors (Lipinski definition) is 2. The Balaban J connectivity index is 2.23. The van der Waals surface area contributed by atoms with Crippen LogP contribution in [0.25, 0.3) is 0 Å². The first kappa shape index (κ1) is 18.6. The van der Waals surface area contributed by atoms with E-state index in [0.717, 1.165) is 5.70 Å². The molecule has 0 fully saturated rings. The second kappa shape index (κ2) is 7.24. The lowest BCUT2D eigenvalue weighted by atomic mass is 9.99. The smallest absolute Gasteiger partial charge is 0.250 e. The quantitative estimate of drug-likeness (QED) is 0.779. The Morgan fingerprint density at radius 2 is 1.50 bits per heavy atom. The van der Waals surface area contributed by atoms with Crippen LogP contribution in [-0.4, -0.2) is 42.3 Å². The summed E-state index contributed by atoms with van der Waals surface area (Å²) < 4.78 is 10.8. The molecule has 0 saturated heterocycles. The van der Waals surface area contributed by atoms with Crippen LogP contribution in [0.15, 0.2) is 11.8 Å². The summed E-state index contributed by atoms with van der Waals surface area (Å²) in [4.78, 5) is 23.3. The maximum Gasteiger partial charge on any atom is 0.250 e. The van der Waals surface area contributed by atoms with E-state index in [-0.39, 0.29) is 42.3 Å². The average Bonchev–Trinajstić information content (AvgIpc) is 2.29. The van der Waals surface area contributed by atoms with Crippen molar-refractivity contribution in [2.45, 2.75) is 65.2 Å². The molecular weight excluding hydrogens is 284 g/mol. The highest BCUT2D eigenvalue weighted by atomic mass is 16.5. The molecule has 0 aliphatic heterocycles. The van der Waals surface area contributed by atoms with Crippen LogP contribution in [0.4, 0.5) is 0 Å². The van der Waals surface area contributed by atoms with Gasteiger partial charge in [0.2, 0.25) is 11.8 Å². The number of hydrogen-bond acceptors (Lipinski definition) is 4. The van der Waals surface area contributed by atoms with Crippen LogP contribution >= 0.6 is 0 Å². The van der Waals surface area contributed by atoms with Gasteiger partial charge in [-0.25, -0.2) is 0 Å². The molecule has 0 radical (unpaired) electrons. The van der Waals surface area contributed by atoms with Crippen molar-refractivity contribution in [2.75, 3.05) is 13.2 Å². The largest absolute Gasteiger partial charge is 0.366 e. The highest BCUT2D eigenvalue weighted by Crippen LogP contribution is 2.16. The first-order chi connectivity index (χ1) is 9.94. The van der Waals surface area contributed by atoms with Crippen LogP contribution in [0.2, 0.25) is 0 Å². The van der Waals surface area contributed by atoms with Gasteiger partial charge in [0.05, 0.1) is 17.2 Å². The van der Waals surface area contributed by atoms with Crippen molar-refractivity contribution in [3.05, 3.63) is 11.8 Å². The number of amides is 2. The molecule has 0 spiro atoms. The minimum atomic E-state index is -0.338. The third kappa shape index (κ3) is 8.14. The zero-order chi connectivity index (χ0) is 17.0. The molecule has 0 saturated carbocycles. The van der Waals surface area contributed by atoms with Gasteiger partial charge in [-0.05, 0) is 47.6 Å². The monoisotopic (exact) mass is 312 g/mol. The lowest BCUT2D eigenvalue weighted by Crippen LogP contribution is -2.44. The van der Waals surface area contributed by atoms with E-state index in [9.17, 15) is 9.59 Å². The molecule has 0 bridgehead atoms. The third-order valence-corrected chi connectivity index (χ3v) is 2.76. The molecule has 22 heavy (non-hydrogen) atoms. The Kier molecular flexibility index (Phi) is 6.14. The molecule has 1 unspecified atom stereocenters. The molecule has 6 heteroatoms. The van der Waals surface area contributed by atoms with E-state index in [0.29, 0.717) is 6.42 Å². The maximum atomic E-state index is 11.7. The van der Waals surface area contributed by atoms with Crippen LogP contribution < -0.4 is 10.6 Å². The summed E-state index contributed by atoms with van der Waals surface area (Å²) in [7, 11) is 0. The van der Waals surface area contributed by atoms with E-state index in [1.165, 1.54) is 0 Å². The second-order valence-corrected chi connectivity index (χ2v) is 7.42. The summed E-state index contributed by atoms with van der Waals surface area (Å²) in [5.41, 5.74) is 0.137. The van der Waals surface area contributed by atoms with E-state index in [4.69, 9.17) is 9.47 Å². The first-order valence-electron chi connectivity index (χ1n) is 7.52. The Morgan fingerprint density at radius 3 is 1.95 bits per heavy atom. The molecule has 0 aromatic heterocycles. The summed E-state index contributed by atoms with van der Waals surface area (Å²) in [6, 6.07) is -0.0464. The van der Waals surface area contributed by atoms with Crippen LogP contribution in [-0.2, 0) is 19.1 Å². The number of nitrogens with one attached hydrogen (secondary N) is 2. The molecule has 1 rings (SSSR count). The van der Waals surface area contributed by atoms with Crippen molar-refractivity contribution in [3.63, 3.8) is 0 Å². The normalized spacial score (nSPS) is 18.3. The highest BCUT2D eigenvalue weighted by molar-refractivity contribution is 5.80. The van der Waals surface area contributed by atoms with Gasteiger partial charge in [-0.1, -0.05) is 0 Å².